The highest BCUT2D eigenvalue weighted by Gasteiger charge is 2.02. The van der Waals surface area contributed by atoms with E-state index in [0.717, 1.165) is 18.5 Å². The molecule has 0 unspecified atom stereocenters. The van der Waals surface area contributed by atoms with Crippen LogP contribution in [0.2, 0.25) is 5.02 Å². The minimum atomic E-state index is 0.0919. The van der Waals surface area contributed by atoms with Gasteiger partial charge in [0.05, 0.1) is 0 Å². The molecule has 1 N–H and O–H groups in total. The van der Waals surface area contributed by atoms with E-state index in [9.17, 15) is 4.79 Å². The number of unbranched alkanes of at least 4 members (excludes halogenated alkanes) is 18. The van der Waals surface area contributed by atoms with E-state index < -0.39 is 0 Å². The highest BCUT2D eigenvalue weighted by molar-refractivity contribution is 6.30. The third kappa shape index (κ3) is 18.3. The number of benzene rings is 1. The van der Waals surface area contributed by atoms with Gasteiger partial charge < -0.3 is 5.32 Å². The van der Waals surface area contributed by atoms with Crippen LogP contribution in [0.3, 0.4) is 0 Å². The van der Waals surface area contributed by atoms with Crippen LogP contribution in [-0.4, -0.2) is 5.91 Å². The quantitative estimate of drug-likeness (QED) is 0.186. The summed E-state index contributed by atoms with van der Waals surface area (Å²) in [5.74, 6) is 0.0919. The second-order valence-electron chi connectivity index (χ2n) is 9.17. The molecule has 0 aliphatic carbocycles. The van der Waals surface area contributed by atoms with Crippen molar-refractivity contribution in [3.63, 3.8) is 0 Å². The average Bonchev–Trinajstić information content (AvgIpc) is 2.75. The number of amides is 1. The predicted octanol–water partition coefficient (Wildman–Crippen LogP) is 10.1. The van der Waals surface area contributed by atoms with Crippen LogP contribution >= 0.6 is 11.6 Å². The van der Waals surface area contributed by atoms with E-state index in [1.54, 1.807) is 6.07 Å². The van der Waals surface area contributed by atoms with Crippen LogP contribution in [0.4, 0.5) is 5.69 Å². The van der Waals surface area contributed by atoms with Gasteiger partial charge in [0.2, 0.25) is 5.91 Å². The Labute approximate surface area is 197 Å². The molecule has 0 saturated carbocycles. The van der Waals surface area contributed by atoms with Gasteiger partial charge in [-0.1, -0.05) is 140 Å². The molecule has 0 bridgehead atoms. The summed E-state index contributed by atoms with van der Waals surface area (Å²) >= 11 is 5.94. The van der Waals surface area contributed by atoms with Crippen LogP contribution in [0.5, 0.6) is 0 Å². The van der Waals surface area contributed by atoms with Gasteiger partial charge in [-0.05, 0) is 24.6 Å². The van der Waals surface area contributed by atoms with Crippen molar-refractivity contribution in [3.8, 4) is 0 Å². The number of hydrogen-bond donors (Lipinski definition) is 1. The Balaban J connectivity index is 1.75. The molecule has 0 atom stereocenters. The molecule has 0 aliphatic rings. The van der Waals surface area contributed by atoms with Crippen molar-refractivity contribution < 1.29 is 4.79 Å². The Morgan fingerprint density at radius 2 is 1.10 bits per heavy atom. The molecule has 1 aromatic rings. The number of rotatable bonds is 21. The largest absolute Gasteiger partial charge is 0.326 e. The zero-order chi connectivity index (χ0) is 22.4. The Hall–Kier alpha value is -1.02. The van der Waals surface area contributed by atoms with Crippen LogP contribution in [0.15, 0.2) is 24.3 Å². The maximum atomic E-state index is 12.0. The van der Waals surface area contributed by atoms with Gasteiger partial charge in [-0.2, -0.15) is 0 Å². The Morgan fingerprint density at radius 1 is 0.677 bits per heavy atom. The van der Waals surface area contributed by atoms with Crippen LogP contribution in [0, 0.1) is 0 Å². The first kappa shape index (κ1) is 28.0. The molecule has 0 saturated heterocycles. The Bertz CT molecular complexity index is 546. The van der Waals surface area contributed by atoms with Crippen molar-refractivity contribution in [1.82, 2.24) is 0 Å². The maximum Gasteiger partial charge on any atom is 0.224 e. The first-order valence-corrected chi connectivity index (χ1v) is 13.7. The maximum absolute atomic E-state index is 12.0. The van der Waals surface area contributed by atoms with Gasteiger partial charge in [0.15, 0.2) is 0 Å². The fourth-order valence-electron chi connectivity index (χ4n) is 4.15. The van der Waals surface area contributed by atoms with Crippen molar-refractivity contribution in [2.75, 3.05) is 5.32 Å². The fourth-order valence-corrected chi connectivity index (χ4v) is 4.34. The third-order valence-corrected chi connectivity index (χ3v) is 6.35. The van der Waals surface area contributed by atoms with Gasteiger partial charge in [0.1, 0.15) is 0 Å². The zero-order valence-corrected chi connectivity index (χ0v) is 21.0. The second kappa shape index (κ2) is 20.9. The minimum Gasteiger partial charge on any atom is -0.326 e. The fraction of sp³-hybridized carbons (Fsp3) is 0.750. The molecule has 0 aromatic heterocycles. The van der Waals surface area contributed by atoms with Gasteiger partial charge >= 0.3 is 0 Å². The molecule has 0 fully saturated rings. The summed E-state index contributed by atoms with van der Waals surface area (Å²) in [6.07, 6.45) is 26.6. The summed E-state index contributed by atoms with van der Waals surface area (Å²) in [6, 6.07) is 7.33. The Morgan fingerprint density at radius 3 is 1.52 bits per heavy atom. The Kier molecular flexibility index (Phi) is 18.8. The smallest absolute Gasteiger partial charge is 0.224 e. The van der Waals surface area contributed by atoms with Crippen LogP contribution in [-0.2, 0) is 4.79 Å². The first-order valence-electron chi connectivity index (χ1n) is 13.3. The zero-order valence-electron chi connectivity index (χ0n) is 20.2. The van der Waals surface area contributed by atoms with Crippen LogP contribution in [0.25, 0.3) is 0 Å². The summed E-state index contributed by atoms with van der Waals surface area (Å²) < 4.78 is 0. The van der Waals surface area contributed by atoms with E-state index >= 15 is 0 Å². The number of carbonyl (C=O) groups excluding carboxylic acids is 1. The summed E-state index contributed by atoms with van der Waals surface area (Å²) in [4.78, 5) is 12.0. The molecule has 0 aliphatic heterocycles. The lowest BCUT2D eigenvalue weighted by Crippen LogP contribution is -2.10. The highest BCUT2D eigenvalue weighted by atomic mass is 35.5. The van der Waals surface area contributed by atoms with E-state index in [4.69, 9.17) is 11.6 Å². The van der Waals surface area contributed by atoms with Crippen LogP contribution < -0.4 is 5.32 Å². The molecular formula is C28H48ClNO. The van der Waals surface area contributed by atoms with E-state index in [1.807, 2.05) is 18.2 Å². The molecule has 1 amide bonds. The summed E-state index contributed by atoms with van der Waals surface area (Å²) in [5, 5.41) is 3.57. The average molecular weight is 450 g/mol. The van der Waals surface area contributed by atoms with E-state index in [1.165, 1.54) is 109 Å². The van der Waals surface area contributed by atoms with Crippen molar-refractivity contribution in [3.05, 3.63) is 29.3 Å². The van der Waals surface area contributed by atoms with Crippen molar-refractivity contribution in [1.29, 1.82) is 0 Å². The van der Waals surface area contributed by atoms with E-state index in [-0.39, 0.29) is 5.91 Å². The lowest BCUT2D eigenvalue weighted by atomic mass is 10.0. The molecule has 31 heavy (non-hydrogen) atoms. The lowest BCUT2D eigenvalue weighted by Gasteiger charge is -2.06. The first-order chi connectivity index (χ1) is 15.2. The molecule has 0 heterocycles. The van der Waals surface area contributed by atoms with Gasteiger partial charge in [-0.3, -0.25) is 4.79 Å². The van der Waals surface area contributed by atoms with Crippen LogP contribution in [0.1, 0.15) is 135 Å². The molecule has 1 rings (SSSR count). The van der Waals surface area contributed by atoms with Gasteiger partial charge in [0, 0.05) is 17.1 Å². The van der Waals surface area contributed by atoms with Gasteiger partial charge in [-0.15, -0.1) is 0 Å². The lowest BCUT2D eigenvalue weighted by molar-refractivity contribution is -0.116. The number of carbonyl (C=O) groups is 1. The second-order valence-corrected chi connectivity index (χ2v) is 9.61. The van der Waals surface area contributed by atoms with Crippen molar-refractivity contribution in [2.24, 2.45) is 0 Å². The number of hydrogen-bond acceptors (Lipinski definition) is 1. The van der Waals surface area contributed by atoms with Gasteiger partial charge in [0.25, 0.3) is 0 Å². The predicted molar refractivity (Wildman–Crippen MR) is 138 cm³/mol. The van der Waals surface area contributed by atoms with Crippen molar-refractivity contribution >= 4 is 23.2 Å². The topological polar surface area (TPSA) is 29.1 Å². The molecular weight excluding hydrogens is 402 g/mol. The summed E-state index contributed by atoms with van der Waals surface area (Å²) in [6.45, 7) is 2.29. The molecule has 1 aromatic carbocycles. The summed E-state index contributed by atoms with van der Waals surface area (Å²) in [7, 11) is 0. The molecule has 0 radical (unpaired) electrons. The summed E-state index contributed by atoms with van der Waals surface area (Å²) in [5.41, 5.74) is 0.787. The monoisotopic (exact) mass is 449 g/mol. The highest BCUT2D eigenvalue weighted by Crippen LogP contribution is 2.17. The number of halogens is 1. The number of anilines is 1. The van der Waals surface area contributed by atoms with Crippen molar-refractivity contribution in [2.45, 2.75) is 135 Å². The van der Waals surface area contributed by atoms with E-state index in [2.05, 4.69) is 12.2 Å². The number of nitrogens with one attached hydrogen (secondary N) is 1. The SMILES string of the molecule is CCCCCCCCCCCCCCCCCCCCCC(=O)Nc1cccc(Cl)c1. The molecule has 2 nitrogen and oxygen atoms in total. The third-order valence-electron chi connectivity index (χ3n) is 6.12. The van der Waals surface area contributed by atoms with Gasteiger partial charge in [-0.25, -0.2) is 0 Å². The minimum absolute atomic E-state index is 0.0919. The van der Waals surface area contributed by atoms with E-state index in [0.29, 0.717) is 11.4 Å². The molecule has 3 heteroatoms. The standard InChI is InChI=1S/C28H48ClNO/c1-2-3-4-5-6-7-8-9-10-11-12-13-14-15-16-17-18-19-20-24-28(31)30-27-23-21-22-26(29)25-27/h21-23,25H,2-20,24H2,1H3,(H,30,31). The molecule has 0 spiro atoms. The molecule has 178 valence electrons. The normalized spacial score (nSPS) is 11.0.